The maximum absolute atomic E-state index is 11.6. The number of rotatable bonds is 5. The predicted octanol–water partition coefficient (Wildman–Crippen LogP) is 0.990. The van der Waals surface area contributed by atoms with E-state index in [1.54, 1.807) is 18.2 Å². The molecule has 0 spiro atoms. The molecule has 0 aromatic carbocycles. The SMILES string of the molecule is CN(Cc1ccco1)C(=O)CNC1CC1. The Balaban J connectivity index is 1.73. The largest absolute Gasteiger partial charge is 0.467 e. The first-order chi connectivity index (χ1) is 7.25. The van der Waals surface area contributed by atoms with Crippen molar-refractivity contribution in [3.8, 4) is 0 Å². The Morgan fingerprint density at radius 3 is 3.07 bits per heavy atom. The number of hydrogen-bond donors (Lipinski definition) is 1. The van der Waals surface area contributed by atoms with Gasteiger partial charge >= 0.3 is 0 Å². The molecule has 0 radical (unpaired) electrons. The molecule has 1 aromatic rings. The molecule has 2 rings (SSSR count). The smallest absolute Gasteiger partial charge is 0.236 e. The summed E-state index contributed by atoms with van der Waals surface area (Å²) in [7, 11) is 1.79. The van der Waals surface area contributed by atoms with Gasteiger partial charge in [0.25, 0.3) is 0 Å². The third-order valence-corrected chi connectivity index (χ3v) is 2.52. The molecule has 0 aliphatic heterocycles. The quantitative estimate of drug-likeness (QED) is 0.785. The van der Waals surface area contributed by atoms with E-state index in [1.165, 1.54) is 12.8 Å². The lowest BCUT2D eigenvalue weighted by atomic mass is 10.4. The van der Waals surface area contributed by atoms with E-state index in [1.807, 2.05) is 12.1 Å². The molecule has 1 amide bonds. The van der Waals surface area contributed by atoms with E-state index in [-0.39, 0.29) is 5.91 Å². The second-order valence-electron chi connectivity index (χ2n) is 3.98. The molecule has 0 atom stereocenters. The van der Waals surface area contributed by atoms with Crippen LogP contribution in [0.2, 0.25) is 0 Å². The lowest BCUT2D eigenvalue weighted by Gasteiger charge is -2.15. The molecule has 0 saturated heterocycles. The molecule has 1 fully saturated rings. The fraction of sp³-hybridized carbons (Fsp3) is 0.545. The van der Waals surface area contributed by atoms with E-state index >= 15 is 0 Å². The maximum atomic E-state index is 11.6. The van der Waals surface area contributed by atoms with Crippen molar-refractivity contribution in [1.82, 2.24) is 10.2 Å². The fourth-order valence-electron chi connectivity index (χ4n) is 1.38. The number of amides is 1. The second kappa shape index (κ2) is 4.49. The molecule has 1 aliphatic carbocycles. The first-order valence-electron chi connectivity index (χ1n) is 5.25. The van der Waals surface area contributed by atoms with Gasteiger partial charge < -0.3 is 14.6 Å². The van der Waals surface area contributed by atoms with Gasteiger partial charge in [-0.1, -0.05) is 0 Å². The fourth-order valence-corrected chi connectivity index (χ4v) is 1.38. The third kappa shape index (κ3) is 3.09. The molecular weight excluding hydrogens is 192 g/mol. The van der Waals surface area contributed by atoms with E-state index in [0.717, 1.165) is 5.76 Å². The molecule has 1 heterocycles. The average molecular weight is 208 g/mol. The third-order valence-electron chi connectivity index (χ3n) is 2.52. The van der Waals surface area contributed by atoms with Crippen molar-refractivity contribution in [3.05, 3.63) is 24.2 Å². The van der Waals surface area contributed by atoms with Crippen molar-refractivity contribution < 1.29 is 9.21 Å². The van der Waals surface area contributed by atoms with Crippen LogP contribution in [0.4, 0.5) is 0 Å². The lowest BCUT2D eigenvalue weighted by Crippen LogP contribution is -2.35. The van der Waals surface area contributed by atoms with Gasteiger partial charge in [0, 0.05) is 13.1 Å². The van der Waals surface area contributed by atoms with E-state index in [9.17, 15) is 4.79 Å². The minimum absolute atomic E-state index is 0.110. The lowest BCUT2D eigenvalue weighted by molar-refractivity contribution is -0.129. The van der Waals surface area contributed by atoms with E-state index in [0.29, 0.717) is 19.1 Å². The van der Waals surface area contributed by atoms with Gasteiger partial charge in [0.15, 0.2) is 0 Å². The van der Waals surface area contributed by atoms with Gasteiger partial charge in [-0.25, -0.2) is 0 Å². The van der Waals surface area contributed by atoms with Crippen molar-refractivity contribution in [3.63, 3.8) is 0 Å². The van der Waals surface area contributed by atoms with Crippen LogP contribution < -0.4 is 5.32 Å². The van der Waals surface area contributed by atoms with Gasteiger partial charge in [-0.05, 0) is 25.0 Å². The van der Waals surface area contributed by atoms with Crippen molar-refractivity contribution >= 4 is 5.91 Å². The number of nitrogens with zero attached hydrogens (tertiary/aromatic N) is 1. The van der Waals surface area contributed by atoms with E-state index in [2.05, 4.69) is 5.32 Å². The molecule has 15 heavy (non-hydrogen) atoms. The maximum Gasteiger partial charge on any atom is 0.236 e. The molecule has 82 valence electrons. The molecule has 4 heteroatoms. The van der Waals surface area contributed by atoms with Gasteiger partial charge in [0.1, 0.15) is 5.76 Å². The summed E-state index contributed by atoms with van der Waals surface area (Å²) >= 11 is 0. The van der Waals surface area contributed by atoms with Crippen LogP contribution in [0.3, 0.4) is 0 Å². The minimum atomic E-state index is 0.110. The Morgan fingerprint density at radius 1 is 1.67 bits per heavy atom. The van der Waals surface area contributed by atoms with E-state index < -0.39 is 0 Å². The summed E-state index contributed by atoms with van der Waals surface area (Å²) in [6.45, 7) is 0.972. The Hall–Kier alpha value is -1.29. The molecule has 4 nitrogen and oxygen atoms in total. The summed E-state index contributed by atoms with van der Waals surface area (Å²) < 4.78 is 5.18. The van der Waals surface area contributed by atoms with Crippen LogP contribution >= 0.6 is 0 Å². The molecule has 0 unspecified atom stereocenters. The molecule has 1 aliphatic rings. The van der Waals surface area contributed by atoms with Gasteiger partial charge in [-0.2, -0.15) is 0 Å². The van der Waals surface area contributed by atoms with Crippen LogP contribution in [0.1, 0.15) is 18.6 Å². The molecule has 1 aromatic heterocycles. The summed E-state index contributed by atoms with van der Waals surface area (Å²) in [4.78, 5) is 13.3. The van der Waals surface area contributed by atoms with Crippen LogP contribution in [-0.2, 0) is 11.3 Å². The highest BCUT2D eigenvalue weighted by Crippen LogP contribution is 2.18. The minimum Gasteiger partial charge on any atom is -0.467 e. The average Bonchev–Trinajstić information content (AvgIpc) is 2.92. The Labute approximate surface area is 89.2 Å². The van der Waals surface area contributed by atoms with Crippen LogP contribution in [0.25, 0.3) is 0 Å². The first-order valence-corrected chi connectivity index (χ1v) is 5.25. The topological polar surface area (TPSA) is 45.5 Å². The normalized spacial score (nSPS) is 15.3. The zero-order valence-corrected chi connectivity index (χ0v) is 8.90. The highest BCUT2D eigenvalue weighted by molar-refractivity contribution is 5.77. The van der Waals surface area contributed by atoms with Crippen LogP contribution in [0.5, 0.6) is 0 Å². The molecular formula is C11H16N2O2. The van der Waals surface area contributed by atoms with Gasteiger partial charge in [-0.15, -0.1) is 0 Å². The number of carbonyl (C=O) groups excluding carboxylic acids is 1. The molecule has 1 saturated carbocycles. The second-order valence-corrected chi connectivity index (χ2v) is 3.98. The zero-order valence-electron chi connectivity index (χ0n) is 8.90. The van der Waals surface area contributed by atoms with Gasteiger partial charge in [0.05, 0.1) is 19.4 Å². The number of nitrogens with one attached hydrogen (secondary N) is 1. The van der Waals surface area contributed by atoms with Gasteiger partial charge in [-0.3, -0.25) is 4.79 Å². The number of furan rings is 1. The number of likely N-dealkylation sites (N-methyl/N-ethyl adjacent to an activating group) is 1. The highest BCUT2D eigenvalue weighted by Gasteiger charge is 2.22. The summed E-state index contributed by atoms with van der Waals surface area (Å²) in [5.74, 6) is 0.926. The van der Waals surface area contributed by atoms with Crippen molar-refractivity contribution in [2.75, 3.05) is 13.6 Å². The summed E-state index contributed by atoms with van der Waals surface area (Å²) in [5, 5.41) is 3.20. The molecule has 0 bridgehead atoms. The van der Waals surface area contributed by atoms with Crippen molar-refractivity contribution in [2.45, 2.75) is 25.4 Å². The summed E-state index contributed by atoms with van der Waals surface area (Å²) in [6, 6.07) is 4.28. The summed E-state index contributed by atoms with van der Waals surface area (Å²) in [5.41, 5.74) is 0. The summed E-state index contributed by atoms with van der Waals surface area (Å²) in [6.07, 6.45) is 4.03. The standard InChI is InChI=1S/C11H16N2O2/c1-13(8-10-3-2-6-15-10)11(14)7-12-9-4-5-9/h2-3,6,9,12H,4-5,7-8H2,1H3. The van der Waals surface area contributed by atoms with Crippen molar-refractivity contribution in [2.24, 2.45) is 0 Å². The zero-order chi connectivity index (χ0) is 10.7. The van der Waals surface area contributed by atoms with Gasteiger partial charge in [0.2, 0.25) is 5.91 Å². The monoisotopic (exact) mass is 208 g/mol. The number of carbonyl (C=O) groups is 1. The first kappa shape index (κ1) is 10.2. The van der Waals surface area contributed by atoms with Crippen LogP contribution in [-0.4, -0.2) is 30.4 Å². The van der Waals surface area contributed by atoms with Crippen LogP contribution in [0, 0.1) is 0 Å². The Bertz CT molecular complexity index is 317. The highest BCUT2D eigenvalue weighted by atomic mass is 16.3. The Morgan fingerprint density at radius 2 is 2.47 bits per heavy atom. The van der Waals surface area contributed by atoms with Crippen molar-refractivity contribution in [1.29, 1.82) is 0 Å². The predicted molar refractivity (Wildman–Crippen MR) is 56.2 cm³/mol. The van der Waals surface area contributed by atoms with Crippen LogP contribution in [0.15, 0.2) is 22.8 Å². The number of hydrogen-bond acceptors (Lipinski definition) is 3. The molecule has 1 N–H and O–H groups in total. The van der Waals surface area contributed by atoms with E-state index in [4.69, 9.17) is 4.42 Å². The Kier molecular flexibility index (Phi) is 3.06.